The molecular formula is C6H14ClNO2S. The number of hydrogen-bond donors (Lipinski definition) is 2. The first kappa shape index (κ1) is 13.6. The zero-order chi connectivity index (χ0) is 8.15. The van der Waals surface area contributed by atoms with Gasteiger partial charge in [-0.1, -0.05) is 0 Å². The lowest BCUT2D eigenvalue weighted by Crippen LogP contribution is -3.00. The van der Waals surface area contributed by atoms with E-state index in [-0.39, 0.29) is 12.4 Å². The fourth-order valence-electron chi connectivity index (χ4n) is 0.486. The van der Waals surface area contributed by atoms with Gasteiger partial charge >= 0.3 is 5.97 Å². The molecule has 0 aromatic carbocycles. The average Bonchev–Trinajstić information content (AvgIpc) is 1.82. The first-order chi connectivity index (χ1) is 4.54. The van der Waals surface area contributed by atoms with Crippen LogP contribution in [0.15, 0.2) is 0 Å². The summed E-state index contributed by atoms with van der Waals surface area (Å²) in [5.74, 6) is 0.0125. The third-order valence-electron chi connectivity index (χ3n) is 1.15. The van der Waals surface area contributed by atoms with Gasteiger partial charge in [-0.2, -0.15) is 0 Å². The molecule has 0 aliphatic rings. The van der Waals surface area contributed by atoms with E-state index < -0.39 is 12.0 Å². The van der Waals surface area contributed by atoms with Crippen molar-refractivity contribution in [3.63, 3.8) is 0 Å². The summed E-state index contributed by atoms with van der Waals surface area (Å²) in [5, 5.41) is 8.37. The molecule has 0 unspecified atom stereocenters. The van der Waals surface area contributed by atoms with E-state index in [1.807, 2.05) is 0 Å². The maximum absolute atomic E-state index is 10.2. The minimum Gasteiger partial charge on any atom is -1.00 e. The number of carboxylic acids is 1. The molecule has 0 heterocycles. The molecule has 0 spiro atoms. The van der Waals surface area contributed by atoms with Crippen LogP contribution in [0.3, 0.4) is 0 Å². The Labute approximate surface area is 76.1 Å². The summed E-state index contributed by atoms with van der Waals surface area (Å²) < 4.78 is 0. The normalized spacial score (nSPS) is 12.4. The first-order valence-electron chi connectivity index (χ1n) is 3.06. The number of hydrogen-bond acceptors (Lipinski definition) is 2. The molecule has 0 bridgehead atoms. The number of carboxylic acid groups (broad SMARTS) is 1. The molecular weight excluding hydrogens is 186 g/mol. The van der Waals surface area contributed by atoms with Crippen LogP contribution in [0, 0.1) is 0 Å². The SMILES string of the molecule is C[S+](C)CC[C@H](N)C(=O)O.[Cl-]. The van der Waals surface area contributed by atoms with Gasteiger partial charge in [0.2, 0.25) is 0 Å². The predicted octanol–water partition coefficient (Wildman–Crippen LogP) is -3.33. The van der Waals surface area contributed by atoms with Gasteiger partial charge < -0.3 is 23.2 Å². The van der Waals surface area contributed by atoms with Crippen molar-refractivity contribution < 1.29 is 22.3 Å². The number of halogens is 1. The Morgan fingerprint density at radius 2 is 2.09 bits per heavy atom. The summed E-state index contributed by atoms with van der Waals surface area (Å²) in [6.45, 7) is 0. The van der Waals surface area contributed by atoms with Crippen LogP contribution in [-0.2, 0) is 15.7 Å². The highest BCUT2D eigenvalue weighted by atomic mass is 35.5. The summed E-state index contributed by atoms with van der Waals surface area (Å²) in [7, 11) is 0.304. The van der Waals surface area contributed by atoms with Gasteiger partial charge in [0, 0.05) is 6.42 Å². The second kappa shape index (κ2) is 6.76. The van der Waals surface area contributed by atoms with Gasteiger partial charge in [-0.25, -0.2) is 0 Å². The summed E-state index contributed by atoms with van der Waals surface area (Å²) >= 11 is 0. The van der Waals surface area contributed by atoms with E-state index in [1.165, 1.54) is 0 Å². The summed E-state index contributed by atoms with van der Waals surface area (Å²) in [6, 6.07) is -0.671. The molecule has 0 amide bonds. The van der Waals surface area contributed by atoms with Crippen molar-refractivity contribution in [1.82, 2.24) is 0 Å². The first-order valence-corrected chi connectivity index (χ1v) is 5.27. The molecule has 0 aliphatic carbocycles. The number of rotatable bonds is 4. The maximum Gasteiger partial charge on any atom is 0.320 e. The van der Waals surface area contributed by atoms with Crippen LogP contribution >= 0.6 is 0 Å². The van der Waals surface area contributed by atoms with E-state index in [2.05, 4.69) is 12.5 Å². The lowest BCUT2D eigenvalue weighted by molar-refractivity contribution is -0.138. The fraction of sp³-hybridized carbons (Fsp3) is 0.833. The molecule has 0 aliphatic heterocycles. The highest BCUT2D eigenvalue weighted by molar-refractivity contribution is 7.95. The Morgan fingerprint density at radius 1 is 1.64 bits per heavy atom. The van der Waals surface area contributed by atoms with Crippen molar-refractivity contribution >= 4 is 16.9 Å². The van der Waals surface area contributed by atoms with Crippen LogP contribution in [0.2, 0.25) is 0 Å². The van der Waals surface area contributed by atoms with Gasteiger partial charge in [0.15, 0.2) is 0 Å². The molecule has 3 nitrogen and oxygen atoms in total. The van der Waals surface area contributed by atoms with Crippen LogP contribution < -0.4 is 18.1 Å². The Hall–Kier alpha value is 0.0700. The van der Waals surface area contributed by atoms with Crippen LogP contribution in [0.25, 0.3) is 0 Å². The Kier molecular flexibility index (Phi) is 8.39. The van der Waals surface area contributed by atoms with E-state index in [0.717, 1.165) is 5.75 Å². The third kappa shape index (κ3) is 7.97. The monoisotopic (exact) mass is 199 g/mol. The molecule has 0 saturated heterocycles. The van der Waals surface area contributed by atoms with Crippen molar-refractivity contribution in [2.75, 3.05) is 18.3 Å². The average molecular weight is 200 g/mol. The van der Waals surface area contributed by atoms with E-state index >= 15 is 0 Å². The van der Waals surface area contributed by atoms with E-state index in [9.17, 15) is 4.79 Å². The smallest absolute Gasteiger partial charge is 0.320 e. The molecule has 0 fully saturated rings. The number of carbonyl (C=O) groups is 1. The molecule has 68 valence electrons. The zero-order valence-corrected chi connectivity index (χ0v) is 8.28. The van der Waals surface area contributed by atoms with Gasteiger partial charge in [-0.15, -0.1) is 0 Å². The largest absolute Gasteiger partial charge is 1.00 e. The van der Waals surface area contributed by atoms with E-state index in [0.29, 0.717) is 17.3 Å². The number of aliphatic carboxylic acids is 1. The molecule has 0 aromatic heterocycles. The molecule has 11 heavy (non-hydrogen) atoms. The van der Waals surface area contributed by atoms with Crippen molar-refractivity contribution in [3.8, 4) is 0 Å². The maximum atomic E-state index is 10.2. The molecule has 0 saturated carbocycles. The molecule has 0 radical (unpaired) electrons. The minimum atomic E-state index is -0.898. The Balaban J connectivity index is 0. The quantitative estimate of drug-likeness (QED) is 0.466. The fourth-order valence-corrected chi connectivity index (χ4v) is 1.21. The minimum absolute atomic E-state index is 0. The van der Waals surface area contributed by atoms with Gasteiger partial charge in [0.25, 0.3) is 0 Å². The second-order valence-corrected chi connectivity index (χ2v) is 4.80. The van der Waals surface area contributed by atoms with Gasteiger partial charge in [0.1, 0.15) is 11.8 Å². The topological polar surface area (TPSA) is 63.3 Å². The van der Waals surface area contributed by atoms with Crippen LogP contribution in [0.5, 0.6) is 0 Å². The summed E-state index contributed by atoms with van der Waals surface area (Å²) in [4.78, 5) is 10.2. The molecule has 5 heteroatoms. The zero-order valence-electron chi connectivity index (χ0n) is 6.71. The molecule has 0 aromatic rings. The summed E-state index contributed by atoms with van der Waals surface area (Å²) in [6.07, 6.45) is 4.74. The highest BCUT2D eigenvalue weighted by Crippen LogP contribution is 1.93. The molecule has 3 N–H and O–H groups in total. The van der Waals surface area contributed by atoms with Crippen molar-refractivity contribution in [2.24, 2.45) is 5.73 Å². The second-order valence-electron chi connectivity index (χ2n) is 2.42. The Bertz CT molecular complexity index is 121. The van der Waals surface area contributed by atoms with Crippen molar-refractivity contribution in [3.05, 3.63) is 0 Å². The Morgan fingerprint density at radius 3 is 2.36 bits per heavy atom. The van der Waals surface area contributed by atoms with Gasteiger partial charge in [-0.05, 0) is 10.9 Å². The highest BCUT2D eigenvalue weighted by Gasteiger charge is 2.14. The molecule has 1 atom stereocenters. The van der Waals surface area contributed by atoms with E-state index in [4.69, 9.17) is 10.8 Å². The lowest BCUT2D eigenvalue weighted by Gasteiger charge is -2.02. The standard InChI is InChI=1S/C6H13NO2S.ClH/c1-10(2)4-3-5(7)6(8)9;/h5H,3-4,7H2,1-2H3;1H/t5-;/m0./s1. The van der Waals surface area contributed by atoms with Gasteiger partial charge in [0.05, 0.1) is 12.5 Å². The molecule has 0 rings (SSSR count). The number of nitrogens with two attached hydrogens (primary N) is 1. The van der Waals surface area contributed by atoms with Crippen LogP contribution in [-0.4, -0.2) is 35.4 Å². The van der Waals surface area contributed by atoms with Crippen molar-refractivity contribution in [2.45, 2.75) is 12.5 Å². The van der Waals surface area contributed by atoms with Crippen LogP contribution in [0.4, 0.5) is 0 Å². The summed E-state index contributed by atoms with van der Waals surface area (Å²) in [5.41, 5.74) is 5.27. The van der Waals surface area contributed by atoms with Gasteiger partial charge in [-0.3, -0.25) is 4.79 Å². The lowest BCUT2D eigenvalue weighted by atomic mass is 10.2. The van der Waals surface area contributed by atoms with Crippen LogP contribution in [0.1, 0.15) is 6.42 Å². The third-order valence-corrected chi connectivity index (χ3v) is 2.21. The van der Waals surface area contributed by atoms with E-state index in [1.54, 1.807) is 0 Å². The predicted molar refractivity (Wildman–Crippen MR) is 44.3 cm³/mol. The van der Waals surface area contributed by atoms with Crippen molar-refractivity contribution in [1.29, 1.82) is 0 Å².